The van der Waals surface area contributed by atoms with Crippen LogP contribution in [0.25, 0.3) is 0 Å². The first kappa shape index (κ1) is 31.8. The molecule has 2 aromatic heterocycles. The highest BCUT2D eigenvalue weighted by atomic mass is 32.3. The smallest absolute Gasteiger partial charge is 0.487 e. The summed E-state index contributed by atoms with van der Waals surface area (Å²) in [6.45, 7) is 3.52. The molecule has 0 radical (unpaired) electrons. The third-order valence-electron chi connectivity index (χ3n) is 3.51. The van der Waals surface area contributed by atoms with Gasteiger partial charge in [0, 0.05) is 19.5 Å². The van der Waals surface area contributed by atoms with Crippen molar-refractivity contribution in [2.45, 2.75) is 26.8 Å². The summed E-state index contributed by atoms with van der Waals surface area (Å²) in [4.78, 5) is 46.3. The van der Waals surface area contributed by atoms with E-state index in [2.05, 4.69) is 23.1 Å². The number of anilines is 1. The Bertz CT molecular complexity index is 1270. The Kier molecular flexibility index (Phi) is 11.2. The molecule has 0 aliphatic carbocycles. The molecule has 2 rings (SSSR count). The normalized spacial score (nSPS) is 16.9. The minimum atomic E-state index is -5.68. The number of nitrogen functional groups attached to an aromatic ring is 1. The van der Waals surface area contributed by atoms with Crippen LogP contribution in [-0.2, 0) is 50.2 Å². The van der Waals surface area contributed by atoms with E-state index in [0.29, 0.717) is 23.8 Å². The molecule has 2 heterocycles. The van der Waals surface area contributed by atoms with Crippen molar-refractivity contribution in [3.8, 4) is 0 Å². The first-order chi connectivity index (χ1) is 15.7. The number of hydrogen-bond donors (Lipinski definition) is 6. The lowest BCUT2D eigenvalue weighted by Gasteiger charge is -2.20. The van der Waals surface area contributed by atoms with E-state index in [1.165, 1.54) is 11.3 Å². The molecule has 0 spiro atoms. The number of nitrogens with two attached hydrogens (primary N) is 1. The molecule has 23 heteroatoms. The van der Waals surface area contributed by atoms with Crippen LogP contribution in [0, 0.1) is 13.8 Å². The topological polar surface area (TPSA) is 293 Å². The largest absolute Gasteiger partial charge is 0.756 e. The molecule has 0 fully saturated rings. The molecule has 0 saturated carbocycles. The van der Waals surface area contributed by atoms with Crippen LogP contribution in [0.3, 0.4) is 0 Å². The van der Waals surface area contributed by atoms with Gasteiger partial charge in [0.1, 0.15) is 11.6 Å². The lowest BCUT2D eigenvalue weighted by atomic mass is 10.2. The van der Waals surface area contributed by atoms with Crippen molar-refractivity contribution < 1.29 is 68.5 Å². The molecule has 3 atom stereocenters. The second kappa shape index (κ2) is 12.4. The molecule has 18 nitrogen and oxygen atoms in total. The van der Waals surface area contributed by atoms with Crippen LogP contribution in [0.2, 0.25) is 0 Å². The number of nitrogens with zero attached hydrogens (tertiary/aromatic N) is 3. The van der Waals surface area contributed by atoms with Gasteiger partial charge in [-0.25, -0.2) is 23.4 Å². The highest BCUT2D eigenvalue weighted by Gasteiger charge is 2.38. The van der Waals surface area contributed by atoms with Gasteiger partial charge in [-0.3, -0.25) is 18.2 Å². The molecule has 0 amide bonds. The zero-order chi connectivity index (χ0) is 27.2. The van der Waals surface area contributed by atoms with Crippen LogP contribution in [0.5, 0.6) is 0 Å². The third kappa shape index (κ3) is 13.6. The van der Waals surface area contributed by atoms with Gasteiger partial charge < -0.3 is 25.3 Å². The number of hydrogen-bond acceptors (Lipinski definition) is 13. The van der Waals surface area contributed by atoms with Gasteiger partial charge in [-0.05, 0) is 6.92 Å². The van der Waals surface area contributed by atoms with Gasteiger partial charge in [0.05, 0.1) is 17.0 Å². The van der Waals surface area contributed by atoms with Crippen molar-refractivity contribution in [1.29, 1.82) is 0 Å². The summed E-state index contributed by atoms with van der Waals surface area (Å²) in [5.74, 6) is 0.900. The average Bonchev–Trinajstić information content (AvgIpc) is 2.92. The van der Waals surface area contributed by atoms with Crippen molar-refractivity contribution in [3.63, 3.8) is 0 Å². The monoisotopic (exact) mass is 602 g/mol. The average molecular weight is 602 g/mol. The summed E-state index contributed by atoms with van der Waals surface area (Å²) in [7, 11) is -21.1. The molecule has 35 heavy (non-hydrogen) atoms. The van der Waals surface area contributed by atoms with E-state index < -0.39 is 40.5 Å². The van der Waals surface area contributed by atoms with Crippen molar-refractivity contribution in [1.82, 2.24) is 9.97 Å². The molecule has 0 aromatic carbocycles. The Morgan fingerprint density at radius 3 is 2.23 bits per heavy atom. The minimum absolute atomic E-state index is 0.133. The Hall–Kier alpha value is -1.21. The molecule has 0 saturated heterocycles. The maximum absolute atomic E-state index is 11.7. The first-order valence-electron chi connectivity index (χ1n) is 8.68. The van der Waals surface area contributed by atoms with Crippen molar-refractivity contribution >= 4 is 51.0 Å². The highest BCUT2D eigenvalue weighted by molar-refractivity contribution is 7.79. The highest BCUT2D eigenvalue weighted by Crippen LogP contribution is 2.65. The van der Waals surface area contributed by atoms with Crippen molar-refractivity contribution in [2.24, 2.45) is 0 Å². The van der Waals surface area contributed by atoms with Crippen LogP contribution in [0.15, 0.2) is 11.7 Å². The van der Waals surface area contributed by atoms with Crippen LogP contribution >= 0.6 is 34.8 Å². The van der Waals surface area contributed by atoms with Gasteiger partial charge >= 0.3 is 26.0 Å². The Balaban J connectivity index is 0.00000111. The molecule has 2 aromatic rings. The van der Waals surface area contributed by atoms with E-state index in [-0.39, 0.29) is 6.42 Å². The van der Waals surface area contributed by atoms with E-state index in [1.807, 2.05) is 4.57 Å². The second-order valence-electron chi connectivity index (χ2n) is 6.29. The maximum Gasteiger partial charge on any atom is 0.487 e. The summed E-state index contributed by atoms with van der Waals surface area (Å²) >= 11 is 1.33. The number of rotatable bonds is 10. The molecule has 0 aliphatic rings. The van der Waals surface area contributed by atoms with E-state index >= 15 is 0 Å². The Morgan fingerprint density at radius 2 is 1.71 bits per heavy atom. The zero-order valence-corrected chi connectivity index (χ0v) is 22.1. The summed E-state index contributed by atoms with van der Waals surface area (Å²) in [5, 5.41) is 0. The van der Waals surface area contributed by atoms with Gasteiger partial charge in [0.25, 0.3) is 7.82 Å². The minimum Gasteiger partial charge on any atom is -0.756 e. The molecular formula is C12H21N4O14P3S2. The first-order valence-corrected chi connectivity index (χ1v) is 15.4. The molecule has 200 valence electrons. The molecule has 7 N–H and O–H groups in total. The Morgan fingerprint density at radius 1 is 1.14 bits per heavy atom. The van der Waals surface area contributed by atoms with E-state index in [4.69, 9.17) is 33.0 Å². The molecular weight excluding hydrogens is 581 g/mol. The SMILES string of the molecule is Cc1ncc(C[n+]2csc(CCOP(=O)(O)OP(=O)(O)OP(=O)([O-])O)c2C)c(N)n1.O=S(=O)(O)O. The molecule has 3 unspecified atom stereocenters. The Labute approximate surface area is 202 Å². The van der Waals surface area contributed by atoms with Crippen molar-refractivity contribution in [2.75, 3.05) is 12.3 Å². The predicted octanol–water partition coefficient (Wildman–Crippen LogP) is -0.326. The number of phosphoric acid groups is 3. The fourth-order valence-corrected chi connectivity index (χ4v) is 6.18. The maximum atomic E-state index is 11.7. The fraction of sp³-hybridized carbons (Fsp3) is 0.417. The molecule has 0 aliphatic heterocycles. The second-order valence-corrected chi connectivity index (χ2v) is 12.5. The standard InChI is InChI=1S/C12H19N4O10P3S.H2O4S/c1-8-11(30-7-16(8)6-10-5-14-9(2)15-12(10)13)3-4-24-28(20,21)26-29(22,23)25-27(17,18)19;1-5(2,3)4/h5,7H,3-4,6H2,1-2H3,(H5-,13,14,15,17,18,19,20,21,22,23);(H2,1,2,3,4). The lowest BCUT2D eigenvalue weighted by molar-refractivity contribution is -0.689. The summed E-state index contributed by atoms with van der Waals surface area (Å²) in [5.41, 5.74) is 9.19. The van der Waals surface area contributed by atoms with Gasteiger partial charge in [-0.15, -0.1) is 0 Å². The number of phosphoric ester groups is 1. The third-order valence-corrected chi connectivity index (χ3v) is 8.47. The number of thiazole rings is 1. The van der Waals surface area contributed by atoms with Gasteiger partial charge in [-0.2, -0.15) is 17.3 Å². The van der Waals surface area contributed by atoms with E-state index in [0.717, 1.165) is 10.6 Å². The number of aryl methyl sites for hydroxylation is 1. The van der Waals surface area contributed by atoms with Crippen LogP contribution in [0.4, 0.5) is 5.82 Å². The quantitative estimate of drug-likeness (QED) is 0.115. The van der Waals surface area contributed by atoms with Crippen LogP contribution in [0.1, 0.15) is 22.0 Å². The summed E-state index contributed by atoms with van der Waals surface area (Å²) < 4.78 is 78.6. The van der Waals surface area contributed by atoms with Gasteiger partial charge in [-0.1, -0.05) is 11.3 Å². The fourth-order valence-electron chi connectivity index (χ4n) is 2.22. The van der Waals surface area contributed by atoms with E-state index in [1.54, 1.807) is 25.6 Å². The van der Waals surface area contributed by atoms with Crippen LogP contribution < -0.4 is 15.2 Å². The van der Waals surface area contributed by atoms with Gasteiger partial charge in [0.15, 0.2) is 12.2 Å². The van der Waals surface area contributed by atoms with E-state index in [9.17, 15) is 23.5 Å². The predicted molar refractivity (Wildman–Crippen MR) is 115 cm³/mol. The lowest BCUT2D eigenvalue weighted by Crippen LogP contribution is -2.35. The summed E-state index contributed by atoms with van der Waals surface area (Å²) in [6.07, 6.45) is 1.75. The molecule has 0 bridgehead atoms. The summed E-state index contributed by atoms with van der Waals surface area (Å²) in [6, 6.07) is 0. The van der Waals surface area contributed by atoms with Gasteiger partial charge in [0.2, 0.25) is 5.51 Å². The number of aromatic nitrogens is 3. The zero-order valence-electron chi connectivity index (χ0n) is 17.8. The van der Waals surface area contributed by atoms with Crippen molar-refractivity contribution in [3.05, 3.63) is 33.7 Å². The van der Waals surface area contributed by atoms with Crippen LogP contribution in [-0.4, -0.2) is 48.8 Å².